The molecular formula is C20H26N10. The molecule has 3 aromatic rings. The predicted octanol–water partition coefficient (Wildman–Crippen LogP) is 2.46. The van der Waals surface area contributed by atoms with E-state index in [9.17, 15) is 0 Å². The SMILES string of the molecule is Cc1cc(Nc2nc(N[C@@H]3C[C@H]4CC[C@@H](C3)N4CCC#N)nc3c2ncn3C)n[nH]1. The predicted molar refractivity (Wildman–Crippen MR) is 113 cm³/mol. The van der Waals surface area contributed by atoms with E-state index in [0.717, 1.165) is 36.2 Å². The molecule has 2 fully saturated rings. The molecule has 0 radical (unpaired) electrons. The first kappa shape index (κ1) is 18.8. The Morgan fingerprint density at radius 1 is 1.27 bits per heavy atom. The summed E-state index contributed by atoms with van der Waals surface area (Å²) in [6, 6.07) is 5.62. The van der Waals surface area contributed by atoms with E-state index >= 15 is 0 Å². The van der Waals surface area contributed by atoms with Gasteiger partial charge in [0.2, 0.25) is 5.95 Å². The molecule has 2 bridgehead atoms. The fourth-order valence-electron chi connectivity index (χ4n) is 4.88. The molecule has 10 heteroatoms. The second-order valence-electron chi connectivity index (χ2n) is 8.33. The van der Waals surface area contributed by atoms with Crippen molar-refractivity contribution < 1.29 is 0 Å². The van der Waals surface area contributed by atoms with Gasteiger partial charge < -0.3 is 15.2 Å². The Balaban J connectivity index is 1.37. The quantitative estimate of drug-likeness (QED) is 0.570. The van der Waals surface area contributed by atoms with Gasteiger partial charge in [0.25, 0.3) is 0 Å². The maximum absolute atomic E-state index is 8.94. The molecule has 3 aromatic heterocycles. The van der Waals surface area contributed by atoms with Gasteiger partial charge in [-0.05, 0) is 32.6 Å². The smallest absolute Gasteiger partial charge is 0.227 e. The topological polar surface area (TPSA) is 123 Å². The van der Waals surface area contributed by atoms with Crippen molar-refractivity contribution in [3.05, 3.63) is 18.1 Å². The summed E-state index contributed by atoms with van der Waals surface area (Å²) in [7, 11) is 1.93. The molecule has 3 atom stereocenters. The molecule has 2 saturated heterocycles. The highest BCUT2D eigenvalue weighted by Crippen LogP contribution is 2.36. The Morgan fingerprint density at radius 2 is 2.07 bits per heavy atom. The number of aromatic nitrogens is 6. The van der Waals surface area contributed by atoms with E-state index in [4.69, 9.17) is 15.2 Å². The maximum atomic E-state index is 8.94. The number of fused-ring (bicyclic) bond motifs is 3. The number of anilines is 3. The number of nitriles is 1. The molecular weight excluding hydrogens is 380 g/mol. The van der Waals surface area contributed by atoms with Crippen molar-refractivity contribution in [2.45, 2.75) is 57.2 Å². The van der Waals surface area contributed by atoms with E-state index in [-0.39, 0.29) is 0 Å². The van der Waals surface area contributed by atoms with Crippen LogP contribution in [0.15, 0.2) is 12.4 Å². The molecule has 0 spiro atoms. The average Bonchev–Trinajstić information content (AvgIpc) is 3.37. The molecule has 3 N–H and O–H groups in total. The van der Waals surface area contributed by atoms with Gasteiger partial charge in [-0.3, -0.25) is 10.00 Å². The Morgan fingerprint density at radius 3 is 2.77 bits per heavy atom. The van der Waals surface area contributed by atoms with Crippen LogP contribution in [-0.4, -0.2) is 59.3 Å². The number of aryl methyl sites for hydroxylation is 2. The highest BCUT2D eigenvalue weighted by molar-refractivity contribution is 5.86. The highest BCUT2D eigenvalue weighted by atomic mass is 15.3. The van der Waals surface area contributed by atoms with Crippen molar-refractivity contribution in [2.75, 3.05) is 17.2 Å². The number of nitrogens with one attached hydrogen (secondary N) is 3. The summed E-state index contributed by atoms with van der Waals surface area (Å²) < 4.78 is 1.90. The molecule has 2 aliphatic rings. The average molecular weight is 406 g/mol. The molecule has 2 aliphatic heterocycles. The lowest BCUT2D eigenvalue weighted by Gasteiger charge is -2.38. The van der Waals surface area contributed by atoms with Crippen LogP contribution >= 0.6 is 0 Å². The molecule has 5 rings (SSSR count). The highest BCUT2D eigenvalue weighted by Gasteiger charge is 2.40. The van der Waals surface area contributed by atoms with Crippen molar-refractivity contribution in [1.29, 1.82) is 5.26 Å². The summed E-state index contributed by atoms with van der Waals surface area (Å²) in [5.41, 5.74) is 2.47. The fourth-order valence-corrected chi connectivity index (χ4v) is 4.88. The van der Waals surface area contributed by atoms with Crippen LogP contribution in [0, 0.1) is 18.3 Å². The second kappa shape index (κ2) is 7.57. The van der Waals surface area contributed by atoms with Crippen LogP contribution in [0.4, 0.5) is 17.6 Å². The van der Waals surface area contributed by atoms with Crippen molar-refractivity contribution in [3.8, 4) is 6.07 Å². The minimum Gasteiger partial charge on any atom is -0.351 e. The number of piperidine rings is 1. The first-order chi connectivity index (χ1) is 14.6. The molecule has 0 saturated carbocycles. The molecule has 10 nitrogen and oxygen atoms in total. The van der Waals surface area contributed by atoms with E-state index in [1.807, 2.05) is 24.6 Å². The number of imidazole rings is 1. The number of H-pyrrole nitrogens is 1. The summed E-state index contributed by atoms with van der Waals surface area (Å²) in [5, 5.41) is 23.0. The number of rotatable bonds is 6. The van der Waals surface area contributed by atoms with Gasteiger partial charge in [-0.15, -0.1) is 0 Å². The van der Waals surface area contributed by atoms with E-state index in [2.05, 4.69) is 36.8 Å². The normalized spacial score (nSPS) is 23.6. The molecule has 0 unspecified atom stereocenters. The molecule has 5 heterocycles. The van der Waals surface area contributed by atoms with E-state index in [0.29, 0.717) is 42.1 Å². The first-order valence-corrected chi connectivity index (χ1v) is 10.5. The summed E-state index contributed by atoms with van der Waals surface area (Å²) in [4.78, 5) is 16.4. The molecule has 0 aromatic carbocycles. The Kier molecular flexibility index (Phi) is 4.75. The minimum absolute atomic E-state index is 0.326. The lowest BCUT2D eigenvalue weighted by atomic mass is 9.97. The van der Waals surface area contributed by atoms with Crippen LogP contribution in [0.1, 0.15) is 37.8 Å². The lowest BCUT2D eigenvalue weighted by molar-refractivity contribution is 0.135. The monoisotopic (exact) mass is 406 g/mol. The zero-order chi connectivity index (χ0) is 20.7. The molecule has 0 aliphatic carbocycles. The van der Waals surface area contributed by atoms with Gasteiger partial charge in [-0.25, -0.2) is 4.98 Å². The van der Waals surface area contributed by atoms with Crippen LogP contribution in [0.5, 0.6) is 0 Å². The maximum Gasteiger partial charge on any atom is 0.227 e. The van der Waals surface area contributed by atoms with Crippen molar-refractivity contribution in [2.24, 2.45) is 7.05 Å². The van der Waals surface area contributed by atoms with Crippen molar-refractivity contribution in [1.82, 2.24) is 34.6 Å². The first-order valence-electron chi connectivity index (χ1n) is 10.5. The van der Waals surface area contributed by atoms with Gasteiger partial charge in [0.05, 0.1) is 12.4 Å². The van der Waals surface area contributed by atoms with E-state index in [1.54, 1.807) is 6.33 Å². The van der Waals surface area contributed by atoms with Gasteiger partial charge in [-0.1, -0.05) is 0 Å². The zero-order valence-corrected chi connectivity index (χ0v) is 17.3. The summed E-state index contributed by atoms with van der Waals surface area (Å²) in [6.07, 6.45) is 6.87. The van der Waals surface area contributed by atoms with Crippen molar-refractivity contribution in [3.63, 3.8) is 0 Å². The third-order valence-corrected chi connectivity index (χ3v) is 6.21. The number of aromatic amines is 1. The van der Waals surface area contributed by atoms with Gasteiger partial charge in [0, 0.05) is 49.9 Å². The van der Waals surface area contributed by atoms with Gasteiger partial charge >= 0.3 is 0 Å². The summed E-state index contributed by atoms with van der Waals surface area (Å²) in [5.74, 6) is 1.95. The van der Waals surface area contributed by atoms with E-state index in [1.165, 1.54) is 12.8 Å². The van der Waals surface area contributed by atoms with Gasteiger partial charge in [-0.2, -0.15) is 20.3 Å². The van der Waals surface area contributed by atoms with E-state index < -0.39 is 0 Å². The Labute approximate surface area is 174 Å². The van der Waals surface area contributed by atoms with Crippen LogP contribution in [-0.2, 0) is 7.05 Å². The number of hydrogen-bond donors (Lipinski definition) is 3. The number of nitrogens with zero attached hydrogens (tertiary/aromatic N) is 7. The van der Waals surface area contributed by atoms with Crippen LogP contribution in [0.25, 0.3) is 11.2 Å². The Bertz CT molecular complexity index is 1080. The molecule has 156 valence electrons. The van der Waals surface area contributed by atoms with Gasteiger partial charge in [0.15, 0.2) is 22.8 Å². The third-order valence-electron chi connectivity index (χ3n) is 6.21. The van der Waals surface area contributed by atoms with Crippen LogP contribution in [0.3, 0.4) is 0 Å². The van der Waals surface area contributed by atoms with Gasteiger partial charge in [0.1, 0.15) is 0 Å². The lowest BCUT2D eigenvalue weighted by Crippen LogP contribution is -2.47. The molecule has 30 heavy (non-hydrogen) atoms. The second-order valence-corrected chi connectivity index (χ2v) is 8.33. The van der Waals surface area contributed by atoms with Crippen LogP contribution < -0.4 is 10.6 Å². The minimum atomic E-state index is 0.326. The summed E-state index contributed by atoms with van der Waals surface area (Å²) in [6.45, 7) is 2.84. The van der Waals surface area contributed by atoms with Crippen molar-refractivity contribution >= 4 is 28.7 Å². The zero-order valence-electron chi connectivity index (χ0n) is 17.3. The summed E-state index contributed by atoms with van der Waals surface area (Å²) >= 11 is 0. The number of hydrogen-bond acceptors (Lipinski definition) is 8. The fraction of sp³-hybridized carbons (Fsp3) is 0.550. The largest absolute Gasteiger partial charge is 0.351 e. The standard InChI is InChI=1S/C20H26N10/c1-12-8-16(28-27-12)24-18-17-19(29(2)11-22-17)26-20(25-18)23-13-9-14-4-5-15(10-13)30(14)7-3-6-21/h8,11,13-15H,3-5,7,9-10H2,1-2H3,(H3,23,24,25,26,27,28)/t13-,14-,15+. The Hall–Kier alpha value is -3.19. The molecule has 0 amide bonds. The van der Waals surface area contributed by atoms with Crippen LogP contribution in [0.2, 0.25) is 0 Å². The third kappa shape index (κ3) is 3.45.